The van der Waals surface area contributed by atoms with Gasteiger partial charge in [0.2, 0.25) is 5.91 Å². The summed E-state index contributed by atoms with van der Waals surface area (Å²) in [5.74, 6) is 1.52. The van der Waals surface area contributed by atoms with Crippen LogP contribution in [0.2, 0.25) is 10.0 Å². The summed E-state index contributed by atoms with van der Waals surface area (Å²) in [4.78, 5) is 16.5. The van der Waals surface area contributed by atoms with Crippen LogP contribution in [0.4, 0.5) is 0 Å². The molecule has 6 heteroatoms. The van der Waals surface area contributed by atoms with Crippen LogP contribution in [-0.4, -0.2) is 24.8 Å². The van der Waals surface area contributed by atoms with Crippen LogP contribution >= 0.6 is 23.2 Å². The highest BCUT2D eigenvalue weighted by Gasteiger charge is 2.54. The predicted octanol–water partition coefficient (Wildman–Crippen LogP) is 7.87. The van der Waals surface area contributed by atoms with E-state index in [0.717, 1.165) is 41.3 Å². The Morgan fingerprint density at radius 3 is 2.23 bits per heavy atom. The third kappa shape index (κ3) is 7.47. The molecule has 0 spiro atoms. The van der Waals surface area contributed by atoms with Gasteiger partial charge in [0.05, 0.1) is 5.41 Å². The van der Waals surface area contributed by atoms with Crippen molar-refractivity contribution in [2.45, 2.75) is 79.2 Å². The molecular weight excluding hydrogens is 477 g/mol. The lowest BCUT2D eigenvalue weighted by molar-refractivity contribution is -0.130. The average molecular weight is 521 g/mol. The van der Waals surface area contributed by atoms with Crippen molar-refractivity contribution in [3.63, 3.8) is 0 Å². The lowest BCUT2D eigenvalue weighted by Crippen LogP contribution is -2.39. The van der Waals surface area contributed by atoms with E-state index in [-0.39, 0.29) is 17.4 Å². The molecule has 1 aliphatic carbocycles. The molecule has 194 valence electrons. The number of nitrogens with one attached hydrogen (secondary N) is 1. The highest BCUT2D eigenvalue weighted by molar-refractivity contribution is 6.32. The van der Waals surface area contributed by atoms with Crippen molar-refractivity contribution in [3.8, 4) is 0 Å². The molecule has 1 saturated carbocycles. The van der Waals surface area contributed by atoms with E-state index in [0.29, 0.717) is 17.7 Å². The molecule has 2 aliphatic rings. The number of aliphatic imine (C=N–C) groups is 1. The number of amides is 1. The van der Waals surface area contributed by atoms with E-state index in [1.807, 2.05) is 70.2 Å². The molecule has 2 aromatic carbocycles. The van der Waals surface area contributed by atoms with Gasteiger partial charge in [-0.25, -0.2) is 0 Å². The number of halogens is 2. The number of carbonyl (C=O) groups is 1. The zero-order valence-electron chi connectivity index (χ0n) is 22.4. The second kappa shape index (κ2) is 15.2. The second-order valence-electron chi connectivity index (χ2n) is 8.49. The zero-order chi connectivity index (χ0) is 26.6. The van der Waals surface area contributed by atoms with E-state index in [9.17, 15) is 4.79 Å². The van der Waals surface area contributed by atoms with E-state index in [1.165, 1.54) is 5.56 Å². The number of benzene rings is 2. The topological polar surface area (TPSA) is 67.5 Å². The van der Waals surface area contributed by atoms with E-state index in [4.69, 9.17) is 28.9 Å². The SMILES string of the molecule is CC.CC.CCC12CCC(c3ccc(C(N)=NC)cc3Cl)CC1C(C)NC2=O.Clc1ccccc1. The summed E-state index contributed by atoms with van der Waals surface area (Å²) in [5.41, 5.74) is 7.72. The van der Waals surface area contributed by atoms with Crippen LogP contribution in [0.1, 0.15) is 84.3 Å². The van der Waals surface area contributed by atoms with Crippen molar-refractivity contribution in [2.75, 3.05) is 7.05 Å². The van der Waals surface area contributed by atoms with Crippen molar-refractivity contribution in [1.29, 1.82) is 0 Å². The van der Waals surface area contributed by atoms with Gasteiger partial charge in [-0.3, -0.25) is 9.79 Å². The Labute approximate surface area is 222 Å². The Bertz CT molecular complexity index is 948. The molecule has 3 N–H and O–H groups in total. The normalized spacial score (nSPS) is 24.9. The summed E-state index contributed by atoms with van der Waals surface area (Å²) in [6.45, 7) is 12.3. The molecule has 4 rings (SSSR count). The molecule has 2 aromatic rings. The van der Waals surface area contributed by atoms with Crippen molar-refractivity contribution in [2.24, 2.45) is 22.1 Å². The third-order valence-corrected chi connectivity index (χ3v) is 7.52. The number of nitrogens with two attached hydrogens (primary N) is 1. The number of amidine groups is 1. The summed E-state index contributed by atoms with van der Waals surface area (Å²) < 4.78 is 0. The maximum atomic E-state index is 12.5. The Balaban J connectivity index is 0.000000468. The lowest BCUT2D eigenvalue weighted by Gasteiger charge is -2.41. The monoisotopic (exact) mass is 519 g/mol. The first-order valence-electron chi connectivity index (χ1n) is 12.9. The third-order valence-electron chi connectivity index (χ3n) is 6.94. The van der Waals surface area contributed by atoms with Crippen molar-refractivity contribution < 1.29 is 4.79 Å². The van der Waals surface area contributed by atoms with Crippen LogP contribution in [0.25, 0.3) is 0 Å². The molecule has 1 aliphatic heterocycles. The number of carbonyl (C=O) groups excluding carboxylic acids is 1. The number of hydrogen-bond acceptors (Lipinski definition) is 2. The fourth-order valence-electron chi connectivity index (χ4n) is 5.13. The van der Waals surface area contributed by atoms with Crippen molar-refractivity contribution >= 4 is 34.9 Å². The number of nitrogens with zero attached hydrogens (tertiary/aromatic N) is 1. The number of rotatable bonds is 3. The van der Waals surface area contributed by atoms with Gasteiger partial charge in [0.25, 0.3) is 0 Å². The molecule has 1 saturated heterocycles. The van der Waals surface area contributed by atoms with Gasteiger partial charge in [-0.15, -0.1) is 0 Å². The Kier molecular flexibility index (Phi) is 13.4. The Morgan fingerprint density at radius 1 is 1.11 bits per heavy atom. The van der Waals surface area contributed by atoms with Crippen LogP contribution < -0.4 is 11.1 Å². The fourth-order valence-corrected chi connectivity index (χ4v) is 5.61. The summed E-state index contributed by atoms with van der Waals surface area (Å²) in [6.07, 6.45) is 3.85. The zero-order valence-corrected chi connectivity index (χ0v) is 23.9. The molecule has 1 amide bonds. The lowest BCUT2D eigenvalue weighted by atomic mass is 9.61. The van der Waals surface area contributed by atoms with Gasteiger partial charge in [-0.05, 0) is 68.2 Å². The van der Waals surface area contributed by atoms with Crippen LogP contribution in [0, 0.1) is 11.3 Å². The van der Waals surface area contributed by atoms with Gasteiger partial charge in [0, 0.05) is 28.7 Å². The minimum absolute atomic E-state index is 0.179. The molecule has 0 bridgehead atoms. The van der Waals surface area contributed by atoms with Crippen molar-refractivity contribution in [3.05, 3.63) is 69.7 Å². The highest BCUT2D eigenvalue weighted by atomic mass is 35.5. The summed E-state index contributed by atoms with van der Waals surface area (Å²) in [5, 5.41) is 4.71. The maximum Gasteiger partial charge on any atom is 0.226 e. The number of hydrogen-bond donors (Lipinski definition) is 2. The highest BCUT2D eigenvalue weighted by Crippen LogP contribution is 2.53. The van der Waals surface area contributed by atoms with E-state index in [2.05, 4.69) is 30.2 Å². The van der Waals surface area contributed by atoms with Gasteiger partial charge < -0.3 is 11.1 Å². The van der Waals surface area contributed by atoms with E-state index < -0.39 is 0 Å². The molecule has 4 nitrogen and oxygen atoms in total. The van der Waals surface area contributed by atoms with Crippen LogP contribution in [-0.2, 0) is 4.79 Å². The van der Waals surface area contributed by atoms with Crippen LogP contribution in [0.15, 0.2) is 53.5 Å². The molecule has 0 radical (unpaired) electrons. The largest absolute Gasteiger partial charge is 0.384 e. The predicted molar refractivity (Wildman–Crippen MR) is 153 cm³/mol. The number of fused-ring (bicyclic) bond motifs is 1. The molecule has 0 aromatic heterocycles. The Morgan fingerprint density at radius 2 is 1.74 bits per heavy atom. The molecule has 4 unspecified atom stereocenters. The summed E-state index contributed by atoms with van der Waals surface area (Å²) in [7, 11) is 1.67. The standard InChI is InChI=1S/C19H26ClN3O.C6H5Cl.2C2H6/c1-4-19-8-7-12(9-15(19)11(2)23-18(19)24)14-6-5-13(10-16(14)20)17(21)22-3;7-6-4-2-1-3-5-6;2*1-2/h5-6,10-12,15H,4,7-9H2,1-3H3,(H2,21,22)(H,23,24);1-5H;2*1-2H3. The average Bonchev–Trinajstić information content (AvgIpc) is 3.15. The first-order valence-corrected chi connectivity index (χ1v) is 13.6. The molecule has 35 heavy (non-hydrogen) atoms. The first kappa shape index (κ1) is 31.0. The van der Waals surface area contributed by atoms with Crippen LogP contribution in [0.3, 0.4) is 0 Å². The minimum Gasteiger partial charge on any atom is -0.384 e. The smallest absolute Gasteiger partial charge is 0.226 e. The Hall–Kier alpha value is -2.04. The van der Waals surface area contributed by atoms with Gasteiger partial charge in [-0.2, -0.15) is 0 Å². The van der Waals surface area contributed by atoms with E-state index >= 15 is 0 Å². The van der Waals surface area contributed by atoms with Gasteiger partial charge >= 0.3 is 0 Å². The van der Waals surface area contributed by atoms with E-state index in [1.54, 1.807) is 7.05 Å². The molecule has 2 fully saturated rings. The second-order valence-corrected chi connectivity index (χ2v) is 9.33. The quantitative estimate of drug-likeness (QED) is 0.319. The van der Waals surface area contributed by atoms with Crippen molar-refractivity contribution in [1.82, 2.24) is 5.32 Å². The molecular formula is C29H43Cl2N3O. The molecule has 1 heterocycles. The van der Waals surface area contributed by atoms with Crippen LogP contribution in [0.5, 0.6) is 0 Å². The van der Waals surface area contributed by atoms with Gasteiger partial charge in [-0.1, -0.05) is 88.2 Å². The maximum absolute atomic E-state index is 12.5. The summed E-state index contributed by atoms with van der Waals surface area (Å²) >= 11 is 12.1. The summed E-state index contributed by atoms with van der Waals surface area (Å²) in [6, 6.07) is 15.7. The van der Waals surface area contributed by atoms with Gasteiger partial charge in [0.15, 0.2) is 0 Å². The minimum atomic E-state index is -0.179. The fraction of sp³-hybridized carbons (Fsp3) is 0.517. The molecule has 4 atom stereocenters. The van der Waals surface area contributed by atoms with Gasteiger partial charge in [0.1, 0.15) is 5.84 Å². The first-order chi connectivity index (χ1) is 16.8.